The van der Waals surface area contributed by atoms with E-state index in [4.69, 9.17) is 23.2 Å². The Kier molecular flexibility index (Phi) is 6.82. The first-order valence-electron chi connectivity index (χ1n) is 7.34. The van der Waals surface area contributed by atoms with Crippen molar-refractivity contribution in [3.63, 3.8) is 0 Å². The molecule has 1 N–H and O–H groups in total. The summed E-state index contributed by atoms with van der Waals surface area (Å²) in [5, 5.41) is 4.27. The lowest BCUT2D eigenvalue weighted by molar-refractivity contribution is 0.0956. The predicted octanol–water partition coefficient (Wildman–Crippen LogP) is 5.27. The molecular formula is C18H19Cl2NOS. The Morgan fingerprint density at radius 2 is 1.87 bits per heavy atom. The van der Waals surface area contributed by atoms with Gasteiger partial charge in [0.1, 0.15) is 0 Å². The normalized spacial score (nSPS) is 10.6. The summed E-state index contributed by atoms with van der Waals surface area (Å²) in [6, 6.07) is 11.3. The Balaban J connectivity index is 1.74. The molecule has 2 rings (SSSR count). The molecule has 0 aliphatic rings. The Bertz CT molecular complexity index is 703. The number of halogens is 2. The van der Waals surface area contributed by atoms with E-state index in [0.29, 0.717) is 22.2 Å². The molecule has 0 fully saturated rings. The molecule has 2 nitrogen and oxygen atoms in total. The van der Waals surface area contributed by atoms with E-state index in [1.165, 1.54) is 5.56 Å². The topological polar surface area (TPSA) is 29.1 Å². The van der Waals surface area contributed by atoms with Gasteiger partial charge in [-0.25, -0.2) is 0 Å². The summed E-state index contributed by atoms with van der Waals surface area (Å²) in [4.78, 5) is 12.1. The van der Waals surface area contributed by atoms with Gasteiger partial charge in [-0.3, -0.25) is 4.79 Å². The highest BCUT2D eigenvalue weighted by Crippen LogP contribution is 2.24. The maximum Gasteiger partial charge on any atom is 0.251 e. The molecule has 0 heterocycles. The lowest BCUT2D eigenvalue weighted by Crippen LogP contribution is -2.25. The standard InChI is InChI=1S/C18H19Cl2NOS/c1-12-3-4-14(9-13(12)2)18(22)21-7-8-23-11-15-5-6-16(19)10-17(15)20/h3-6,9-10H,7-8,11H2,1-2H3,(H,21,22). The fraction of sp³-hybridized carbons (Fsp3) is 0.278. The number of thioether (sulfide) groups is 1. The molecule has 2 aromatic carbocycles. The van der Waals surface area contributed by atoms with Crippen LogP contribution in [0.3, 0.4) is 0 Å². The first-order valence-corrected chi connectivity index (χ1v) is 9.25. The van der Waals surface area contributed by atoms with Gasteiger partial charge in [0, 0.05) is 33.7 Å². The average molecular weight is 368 g/mol. The number of carbonyl (C=O) groups is 1. The molecule has 0 aliphatic carbocycles. The smallest absolute Gasteiger partial charge is 0.251 e. The van der Waals surface area contributed by atoms with Crippen molar-refractivity contribution in [2.75, 3.05) is 12.3 Å². The van der Waals surface area contributed by atoms with Crippen molar-refractivity contribution >= 4 is 40.9 Å². The van der Waals surface area contributed by atoms with Gasteiger partial charge in [-0.2, -0.15) is 11.8 Å². The van der Waals surface area contributed by atoms with E-state index >= 15 is 0 Å². The minimum atomic E-state index is -0.0294. The number of rotatable bonds is 6. The van der Waals surface area contributed by atoms with Crippen LogP contribution >= 0.6 is 35.0 Å². The number of hydrogen-bond donors (Lipinski definition) is 1. The maximum absolute atomic E-state index is 12.1. The van der Waals surface area contributed by atoms with Crippen LogP contribution in [0.2, 0.25) is 10.0 Å². The number of benzene rings is 2. The van der Waals surface area contributed by atoms with Gasteiger partial charge >= 0.3 is 0 Å². The van der Waals surface area contributed by atoms with Crippen LogP contribution in [0.15, 0.2) is 36.4 Å². The van der Waals surface area contributed by atoms with Gasteiger partial charge in [0.15, 0.2) is 0 Å². The summed E-state index contributed by atoms with van der Waals surface area (Å²) in [5.41, 5.74) is 4.08. The van der Waals surface area contributed by atoms with Crippen LogP contribution in [0, 0.1) is 13.8 Å². The Hall–Kier alpha value is -1.16. The molecule has 0 radical (unpaired) electrons. The number of nitrogens with one attached hydrogen (secondary N) is 1. The number of carbonyl (C=O) groups excluding carboxylic acids is 1. The summed E-state index contributed by atoms with van der Waals surface area (Å²) in [5.74, 6) is 1.60. The van der Waals surface area contributed by atoms with Gasteiger partial charge in [-0.1, -0.05) is 35.3 Å². The van der Waals surface area contributed by atoms with E-state index in [1.807, 2.05) is 44.2 Å². The largest absolute Gasteiger partial charge is 0.351 e. The molecule has 2 aromatic rings. The van der Waals surface area contributed by atoms with Crippen LogP contribution in [-0.4, -0.2) is 18.2 Å². The molecule has 0 atom stereocenters. The molecule has 122 valence electrons. The van der Waals surface area contributed by atoms with E-state index in [2.05, 4.69) is 5.32 Å². The van der Waals surface area contributed by atoms with Gasteiger partial charge in [-0.05, 0) is 54.8 Å². The van der Waals surface area contributed by atoms with Gasteiger partial charge in [0.25, 0.3) is 5.91 Å². The maximum atomic E-state index is 12.1. The van der Waals surface area contributed by atoms with Crippen molar-refractivity contribution in [2.24, 2.45) is 0 Å². The predicted molar refractivity (Wildman–Crippen MR) is 101 cm³/mol. The molecular weight excluding hydrogens is 349 g/mol. The molecule has 1 amide bonds. The van der Waals surface area contributed by atoms with Gasteiger partial charge < -0.3 is 5.32 Å². The van der Waals surface area contributed by atoms with Crippen molar-refractivity contribution in [1.82, 2.24) is 5.32 Å². The molecule has 0 saturated carbocycles. The first kappa shape index (κ1) is 18.2. The van der Waals surface area contributed by atoms with Crippen LogP contribution in [0.5, 0.6) is 0 Å². The van der Waals surface area contributed by atoms with Crippen LogP contribution in [0.25, 0.3) is 0 Å². The first-order chi connectivity index (χ1) is 11.0. The van der Waals surface area contributed by atoms with Crippen LogP contribution < -0.4 is 5.32 Å². The molecule has 23 heavy (non-hydrogen) atoms. The Morgan fingerprint density at radius 3 is 2.57 bits per heavy atom. The summed E-state index contributed by atoms with van der Waals surface area (Å²) in [6.45, 7) is 4.68. The zero-order valence-corrected chi connectivity index (χ0v) is 15.5. The molecule has 0 unspecified atom stereocenters. The third-order valence-corrected chi connectivity index (χ3v) is 5.17. The average Bonchev–Trinajstić information content (AvgIpc) is 2.51. The van der Waals surface area contributed by atoms with Gasteiger partial charge in [0.05, 0.1) is 0 Å². The molecule has 0 aliphatic heterocycles. The summed E-state index contributed by atoms with van der Waals surface area (Å²) in [6.07, 6.45) is 0. The van der Waals surface area contributed by atoms with Crippen molar-refractivity contribution in [3.05, 3.63) is 68.7 Å². The second kappa shape index (κ2) is 8.62. The van der Waals surface area contributed by atoms with Crippen LogP contribution in [0.4, 0.5) is 0 Å². The van der Waals surface area contributed by atoms with E-state index in [-0.39, 0.29) is 5.91 Å². The third kappa shape index (κ3) is 5.45. The minimum absolute atomic E-state index is 0.0294. The molecule has 0 spiro atoms. The lowest BCUT2D eigenvalue weighted by atomic mass is 10.1. The number of aryl methyl sites for hydroxylation is 2. The third-order valence-electron chi connectivity index (χ3n) is 3.57. The minimum Gasteiger partial charge on any atom is -0.351 e. The summed E-state index contributed by atoms with van der Waals surface area (Å²) in [7, 11) is 0. The fourth-order valence-electron chi connectivity index (χ4n) is 2.04. The zero-order valence-electron chi connectivity index (χ0n) is 13.2. The Labute approximate surface area is 151 Å². The van der Waals surface area contributed by atoms with Crippen molar-refractivity contribution in [1.29, 1.82) is 0 Å². The fourth-order valence-corrected chi connectivity index (χ4v) is 3.46. The molecule has 5 heteroatoms. The molecule has 0 bridgehead atoms. The summed E-state index contributed by atoms with van der Waals surface area (Å²) >= 11 is 13.7. The van der Waals surface area contributed by atoms with E-state index in [1.54, 1.807) is 17.8 Å². The second-order valence-corrected chi connectivity index (χ2v) is 7.29. The monoisotopic (exact) mass is 367 g/mol. The lowest BCUT2D eigenvalue weighted by Gasteiger charge is -2.08. The van der Waals surface area contributed by atoms with Crippen molar-refractivity contribution < 1.29 is 4.79 Å². The number of hydrogen-bond acceptors (Lipinski definition) is 2. The van der Waals surface area contributed by atoms with Crippen LogP contribution in [0.1, 0.15) is 27.0 Å². The zero-order chi connectivity index (χ0) is 16.8. The highest BCUT2D eigenvalue weighted by atomic mass is 35.5. The highest BCUT2D eigenvalue weighted by Gasteiger charge is 2.06. The van der Waals surface area contributed by atoms with Crippen molar-refractivity contribution in [2.45, 2.75) is 19.6 Å². The van der Waals surface area contributed by atoms with E-state index in [0.717, 1.165) is 22.6 Å². The summed E-state index contributed by atoms with van der Waals surface area (Å²) < 4.78 is 0. The Morgan fingerprint density at radius 1 is 1.09 bits per heavy atom. The highest BCUT2D eigenvalue weighted by molar-refractivity contribution is 7.98. The van der Waals surface area contributed by atoms with E-state index in [9.17, 15) is 4.79 Å². The number of amides is 1. The van der Waals surface area contributed by atoms with Crippen LogP contribution in [-0.2, 0) is 5.75 Å². The quantitative estimate of drug-likeness (QED) is 0.704. The van der Waals surface area contributed by atoms with Crippen molar-refractivity contribution in [3.8, 4) is 0 Å². The molecule has 0 saturated heterocycles. The molecule has 0 aromatic heterocycles. The SMILES string of the molecule is Cc1ccc(C(=O)NCCSCc2ccc(Cl)cc2Cl)cc1C. The van der Waals surface area contributed by atoms with Gasteiger partial charge in [-0.15, -0.1) is 0 Å². The van der Waals surface area contributed by atoms with E-state index < -0.39 is 0 Å². The van der Waals surface area contributed by atoms with Gasteiger partial charge in [0.2, 0.25) is 0 Å². The second-order valence-electron chi connectivity index (χ2n) is 5.34.